The number of benzene rings is 2. The van der Waals surface area contributed by atoms with Crippen molar-refractivity contribution in [2.75, 3.05) is 34.4 Å². The molecule has 6 rings (SSSR count). The number of nitrogens with one attached hydrogen (secondary N) is 1. The lowest BCUT2D eigenvalue weighted by molar-refractivity contribution is -0.0299. The van der Waals surface area contributed by atoms with Gasteiger partial charge in [-0.1, -0.05) is 42.8 Å². The molecule has 3 aliphatic rings. The number of aryl methyl sites for hydroxylation is 1. The number of imidazole rings is 1. The number of hydrogen-bond donors (Lipinski definition) is 2. The van der Waals surface area contributed by atoms with E-state index in [2.05, 4.69) is 53.3 Å². The van der Waals surface area contributed by atoms with Crippen LogP contribution in [0.4, 0.5) is 0 Å². The minimum atomic E-state index is -0.598. The Labute approximate surface area is 214 Å². The quantitative estimate of drug-likeness (QED) is 0.395. The standard InChI is InChI=1S/C30H39N3O3/c1-33(17-8-13-27-31-28-25(35-2)14-15-26(36-3)29(28)32-27)18-16-30(34)20-22-11-7-12-23(30)19-24(22)21-9-5-4-6-10-21/h4-6,9-10,14-15,19,22-23,34H,7-8,11-13,16-18,20H2,1-3H3,(H,31,32)/t22-,23+,30+/m0/s1. The molecule has 1 heterocycles. The number of fused-ring (bicyclic) bond motifs is 4. The second kappa shape index (κ2) is 10.7. The summed E-state index contributed by atoms with van der Waals surface area (Å²) in [5.74, 6) is 3.18. The molecule has 0 unspecified atom stereocenters. The molecule has 0 radical (unpaired) electrons. The van der Waals surface area contributed by atoms with Gasteiger partial charge in [-0.05, 0) is 74.9 Å². The summed E-state index contributed by atoms with van der Waals surface area (Å²) in [7, 11) is 5.49. The number of nitrogens with zero attached hydrogens (tertiary/aromatic N) is 2. The minimum absolute atomic E-state index is 0.250. The molecule has 2 bridgehead atoms. The molecule has 0 spiro atoms. The van der Waals surface area contributed by atoms with Gasteiger partial charge in [0.15, 0.2) is 0 Å². The topological polar surface area (TPSA) is 70.6 Å². The number of aromatic nitrogens is 2. The van der Waals surface area contributed by atoms with E-state index in [4.69, 9.17) is 14.5 Å². The molecule has 1 saturated carbocycles. The van der Waals surface area contributed by atoms with Crippen LogP contribution in [0.5, 0.6) is 11.5 Å². The number of H-pyrrole nitrogens is 1. The maximum Gasteiger partial charge on any atom is 0.146 e. The second-order valence-electron chi connectivity index (χ2n) is 10.6. The number of hydrogen-bond acceptors (Lipinski definition) is 5. The van der Waals surface area contributed by atoms with Gasteiger partial charge in [0, 0.05) is 18.9 Å². The van der Waals surface area contributed by atoms with Crippen LogP contribution in [0.3, 0.4) is 0 Å². The Bertz CT molecular complexity index is 1160. The summed E-state index contributed by atoms with van der Waals surface area (Å²) in [5.41, 5.74) is 3.88. The molecule has 3 atom stereocenters. The van der Waals surface area contributed by atoms with Crippen molar-refractivity contribution in [2.24, 2.45) is 11.8 Å². The summed E-state index contributed by atoms with van der Waals surface area (Å²) in [5, 5.41) is 11.7. The zero-order valence-corrected chi connectivity index (χ0v) is 21.8. The van der Waals surface area contributed by atoms with Gasteiger partial charge in [-0.2, -0.15) is 0 Å². The van der Waals surface area contributed by atoms with Crippen LogP contribution in [-0.2, 0) is 6.42 Å². The average Bonchev–Trinajstić information content (AvgIpc) is 3.12. The third kappa shape index (κ3) is 5.02. The molecule has 1 aromatic heterocycles. The zero-order chi connectivity index (χ0) is 25.1. The Morgan fingerprint density at radius 1 is 1.06 bits per heavy atom. The predicted octanol–water partition coefficient (Wildman–Crippen LogP) is 5.47. The van der Waals surface area contributed by atoms with E-state index >= 15 is 0 Å². The van der Waals surface area contributed by atoms with Crippen LogP contribution in [0.25, 0.3) is 16.6 Å². The fourth-order valence-corrected chi connectivity index (χ4v) is 6.20. The lowest BCUT2D eigenvalue weighted by atomic mass is 9.70. The lowest BCUT2D eigenvalue weighted by Crippen LogP contribution is -2.43. The highest BCUT2D eigenvalue weighted by Gasteiger charge is 2.44. The molecule has 1 fully saturated rings. The van der Waals surface area contributed by atoms with Crippen LogP contribution in [-0.4, -0.2) is 59.9 Å². The van der Waals surface area contributed by atoms with Crippen molar-refractivity contribution in [1.29, 1.82) is 0 Å². The molecule has 3 aliphatic carbocycles. The first-order valence-electron chi connectivity index (χ1n) is 13.3. The summed E-state index contributed by atoms with van der Waals surface area (Å²) in [6, 6.07) is 14.5. The molecule has 192 valence electrons. The Balaban J connectivity index is 1.17. The van der Waals surface area contributed by atoms with Crippen LogP contribution in [0.2, 0.25) is 0 Å². The highest BCUT2D eigenvalue weighted by molar-refractivity contribution is 5.87. The Morgan fingerprint density at radius 2 is 1.83 bits per heavy atom. The molecule has 36 heavy (non-hydrogen) atoms. The molecular weight excluding hydrogens is 450 g/mol. The van der Waals surface area contributed by atoms with Gasteiger partial charge in [0.2, 0.25) is 0 Å². The van der Waals surface area contributed by atoms with Crippen molar-refractivity contribution in [3.8, 4) is 11.5 Å². The first-order chi connectivity index (χ1) is 17.5. The SMILES string of the molecule is COc1ccc(OC)c2[nH]c(CCCN(C)CC[C@@]3(O)C[C@@H]4CCC[C@@H]3C=C4c3ccccc3)nc12. The number of aliphatic hydroxyl groups is 1. The zero-order valence-electron chi connectivity index (χ0n) is 21.8. The Kier molecular flexibility index (Phi) is 7.35. The fourth-order valence-electron chi connectivity index (χ4n) is 6.20. The van der Waals surface area contributed by atoms with Gasteiger partial charge in [-0.25, -0.2) is 4.98 Å². The highest BCUT2D eigenvalue weighted by Crippen LogP contribution is 2.49. The van der Waals surface area contributed by atoms with Crippen LogP contribution < -0.4 is 9.47 Å². The van der Waals surface area contributed by atoms with Gasteiger partial charge in [0.05, 0.1) is 19.8 Å². The van der Waals surface area contributed by atoms with Crippen molar-refractivity contribution in [1.82, 2.24) is 14.9 Å². The van der Waals surface area contributed by atoms with E-state index in [0.29, 0.717) is 5.92 Å². The molecule has 2 N–H and O–H groups in total. The smallest absolute Gasteiger partial charge is 0.146 e. The Hall–Kier alpha value is -2.83. The van der Waals surface area contributed by atoms with E-state index in [1.165, 1.54) is 24.0 Å². The van der Waals surface area contributed by atoms with Gasteiger partial charge in [-0.15, -0.1) is 0 Å². The summed E-state index contributed by atoms with van der Waals surface area (Å²) < 4.78 is 11.0. The summed E-state index contributed by atoms with van der Waals surface area (Å²) in [4.78, 5) is 10.5. The monoisotopic (exact) mass is 489 g/mol. The largest absolute Gasteiger partial charge is 0.494 e. The number of rotatable bonds is 10. The van der Waals surface area contributed by atoms with E-state index in [0.717, 1.165) is 73.6 Å². The average molecular weight is 490 g/mol. The van der Waals surface area contributed by atoms with E-state index in [1.54, 1.807) is 14.2 Å². The summed E-state index contributed by atoms with van der Waals surface area (Å²) >= 11 is 0. The maximum atomic E-state index is 11.7. The molecule has 2 aromatic carbocycles. The van der Waals surface area contributed by atoms with E-state index in [1.807, 2.05) is 12.1 Å². The molecule has 6 heteroatoms. The van der Waals surface area contributed by atoms with Crippen LogP contribution in [0.1, 0.15) is 49.9 Å². The van der Waals surface area contributed by atoms with E-state index in [9.17, 15) is 5.11 Å². The van der Waals surface area contributed by atoms with E-state index < -0.39 is 5.60 Å². The fraction of sp³-hybridized carbons (Fsp3) is 0.500. The van der Waals surface area contributed by atoms with Crippen molar-refractivity contribution >= 4 is 16.6 Å². The molecule has 0 aliphatic heterocycles. The minimum Gasteiger partial charge on any atom is -0.494 e. The van der Waals surface area contributed by atoms with Crippen molar-refractivity contribution in [3.05, 3.63) is 59.9 Å². The van der Waals surface area contributed by atoms with Gasteiger partial charge in [0.25, 0.3) is 0 Å². The normalized spacial score (nSPS) is 23.6. The molecule has 0 amide bonds. The molecule has 6 nitrogen and oxygen atoms in total. The first kappa shape index (κ1) is 24.8. The van der Waals surface area contributed by atoms with Crippen LogP contribution >= 0.6 is 0 Å². The Morgan fingerprint density at radius 3 is 2.61 bits per heavy atom. The highest BCUT2D eigenvalue weighted by atomic mass is 16.5. The van der Waals surface area contributed by atoms with Gasteiger partial charge in [0.1, 0.15) is 28.4 Å². The molecule has 3 aromatic rings. The van der Waals surface area contributed by atoms with E-state index in [-0.39, 0.29) is 5.92 Å². The lowest BCUT2D eigenvalue weighted by Gasteiger charge is -2.41. The van der Waals surface area contributed by atoms with Crippen molar-refractivity contribution < 1.29 is 14.6 Å². The predicted molar refractivity (Wildman–Crippen MR) is 144 cm³/mol. The van der Waals surface area contributed by atoms with Gasteiger partial charge < -0.3 is 24.5 Å². The number of ether oxygens (including phenoxy) is 2. The van der Waals surface area contributed by atoms with Crippen molar-refractivity contribution in [3.63, 3.8) is 0 Å². The molecular formula is C30H39N3O3. The third-order valence-corrected chi connectivity index (χ3v) is 8.22. The van der Waals surface area contributed by atoms with Crippen LogP contribution in [0, 0.1) is 11.8 Å². The van der Waals surface area contributed by atoms with Crippen molar-refractivity contribution in [2.45, 2.75) is 50.5 Å². The third-order valence-electron chi connectivity index (χ3n) is 8.22. The van der Waals surface area contributed by atoms with Crippen LogP contribution in [0.15, 0.2) is 48.5 Å². The number of aromatic amines is 1. The van der Waals surface area contributed by atoms with Gasteiger partial charge >= 0.3 is 0 Å². The van der Waals surface area contributed by atoms with Gasteiger partial charge in [-0.3, -0.25) is 0 Å². The first-order valence-corrected chi connectivity index (χ1v) is 13.3. The number of allylic oxidation sites excluding steroid dienone is 1. The maximum absolute atomic E-state index is 11.7. The second-order valence-corrected chi connectivity index (χ2v) is 10.6. The number of methoxy groups -OCH3 is 2. The molecule has 0 saturated heterocycles. The summed E-state index contributed by atoms with van der Waals surface area (Å²) in [6.45, 7) is 1.86. The summed E-state index contributed by atoms with van der Waals surface area (Å²) in [6.07, 6.45) is 9.42.